The summed E-state index contributed by atoms with van der Waals surface area (Å²) in [5.74, 6) is 1.16. The van der Waals surface area contributed by atoms with Crippen LogP contribution in [0.2, 0.25) is 0 Å². The Morgan fingerprint density at radius 3 is 1.82 bits per heavy atom. The fourth-order valence-electron chi connectivity index (χ4n) is 2.47. The van der Waals surface area contributed by atoms with Gasteiger partial charge >= 0.3 is 0 Å². The summed E-state index contributed by atoms with van der Waals surface area (Å²) in [5.41, 5.74) is 0.522. The number of nitrogens with one attached hydrogen (secondary N) is 1. The molecule has 0 aliphatic heterocycles. The third-order valence-electron chi connectivity index (χ3n) is 3.04. The van der Waals surface area contributed by atoms with Crippen molar-refractivity contribution in [2.45, 2.75) is 66.3 Å². The first-order chi connectivity index (χ1) is 7.72. The number of rotatable bonds is 7. The number of hydrogen-bond donors (Lipinski definition) is 1. The minimum atomic E-state index is -0.0711. The smallest absolute Gasteiger partial charge is 0.246 e. The number of amides is 1. The van der Waals surface area contributed by atoms with E-state index in [1.807, 2.05) is 0 Å². The molecule has 0 aromatic rings. The first-order valence-corrected chi connectivity index (χ1v) is 6.70. The van der Waals surface area contributed by atoms with Crippen molar-refractivity contribution >= 4 is 5.91 Å². The molecule has 0 aliphatic carbocycles. The fourth-order valence-corrected chi connectivity index (χ4v) is 2.47. The fraction of sp³-hybridized carbons (Fsp3) is 0.800. The van der Waals surface area contributed by atoms with E-state index in [0.717, 1.165) is 19.3 Å². The van der Waals surface area contributed by atoms with Gasteiger partial charge in [-0.05, 0) is 38.0 Å². The van der Waals surface area contributed by atoms with Gasteiger partial charge in [-0.1, -0.05) is 41.2 Å². The van der Waals surface area contributed by atoms with Crippen LogP contribution in [0.5, 0.6) is 0 Å². The molecule has 17 heavy (non-hydrogen) atoms. The Bertz CT molecular complexity index is 256. The van der Waals surface area contributed by atoms with Crippen LogP contribution in [-0.2, 0) is 4.79 Å². The van der Waals surface area contributed by atoms with E-state index in [4.69, 9.17) is 0 Å². The highest BCUT2D eigenvalue weighted by Gasteiger charge is 2.31. The summed E-state index contributed by atoms with van der Waals surface area (Å²) in [4.78, 5) is 11.9. The summed E-state index contributed by atoms with van der Waals surface area (Å²) < 4.78 is 0. The molecule has 0 radical (unpaired) electrons. The lowest BCUT2D eigenvalue weighted by Gasteiger charge is -2.37. The monoisotopic (exact) mass is 239 g/mol. The Morgan fingerprint density at radius 2 is 1.59 bits per heavy atom. The average Bonchev–Trinajstić information content (AvgIpc) is 2.15. The van der Waals surface area contributed by atoms with Crippen LogP contribution in [0.25, 0.3) is 0 Å². The highest BCUT2D eigenvalue weighted by molar-refractivity contribution is 5.92. The molecule has 0 bridgehead atoms. The van der Waals surface area contributed by atoms with Crippen molar-refractivity contribution in [3.63, 3.8) is 0 Å². The molecule has 0 saturated heterocycles. The molecule has 100 valence electrons. The molecule has 0 fully saturated rings. The topological polar surface area (TPSA) is 29.1 Å². The predicted octanol–water partition coefficient (Wildman–Crippen LogP) is 3.92. The molecule has 2 nitrogen and oxygen atoms in total. The SMILES string of the molecule is C=C(C)C(=O)NC(CC)(CC(C)C)CC(C)C. The highest BCUT2D eigenvalue weighted by Crippen LogP contribution is 2.28. The lowest BCUT2D eigenvalue weighted by Crippen LogP contribution is -2.50. The van der Waals surface area contributed by atoms with E-state index in [2.05, 4.69) is 46.5 Å². The molecule has 1 amide bonds. The zero-order valence-electron chi connectivity index (χ0n) is 12.4. The Balaban J connectivity index is 4.90. The van der Waals surface area contributed by atoms with Crippen molar-refractivity contribution in [2.24, 2.45) is 11.8 Å². The molecular formula is C15H29NO. The number of hydrogen-bond acceptors (Lipinski definition) is 1. The summed E-state index contributed by atoms with van der Waals surface area (Å²) in [6.45, 7) is 16.5. The third-order valence-corrected chi connectivity index (χ3v) is 3.04. The molecular weight excluding hydrogens is 210 g/mol. The lowest BCUT2D eigenvalue weighted by molar-refractivity contribution is -0.119. The maximum absolute atomic E-state index is 11.9. The van der Waals surface area contributed by atoms with Crippen molar-refractivity contribution in [2.75, 3.05) is 0 Å². The zero-order chi connectivity index (χ0) is 13.6. The average molecular weight is 239 g/mol. The minimum Gasteiger partial charge on any atom is -0.347 e. The van der Waals surface area contributed by atoms with Crippen LogP contribution in [0.3, 0.4) is 0 Å². The highest BCUT2D eigenvalue weighted by atomic mass is 16.1. The van der Waals surface area contributed by atoms with E-state index < -0.39 is 0 Å². The van der Waals surface area contributed by atoms with Crippen LogP contribution >= 0.6 is 0 Å². The molecule has 0 aromatic heterocycles. The van der Waals surface area contributed by atoms with Gasteiger partial charge in [0.1, 0.15) is 0 Å². The Hall–Kier alpha value is -0.790. The van der Waals surface area contributed by atoms with Gasteiger partial charge in [0.2, 0.25) is 5.91 Å². The summed E-state index contributed by atoms with van der Waals surface area (Å²) >= 11 is 0. The maximum atomic E-state index is 11.9. The second-order valence-electron chi connectivity index (χ2n) is 6.06. The van der Waals surface area contributed by atoms with Crippen molar-refractivity contribution in [3.05, 3.63) is 12.2 Å². The maximum Gasteiger partial charge on any atom is 0.246 e. The zero-order valence-corrected chi connectivity index (χ0v) is 12.4. The second-order valence-corrected chi connectivity index (χ2v) is 6.06. The van der Waals surface area contributed by atoms with E-state index in [-0.39, 0.29) is 11.4 Å². The molecule has 0 aliphatic rings. The molecule has 0 rings (SSSR count). The van der Waals surface area contributed by atoms with Gasteiger partial charge in [-0.25, -0.2) is 0 Å². The first-order valence-electron chi connectivity index (χ1n) is 6.70. The number of carbonyl (C=O) groups is 1. The van der Waals surface area contributed by atoms with Crippen LogP contribution in [0.1, 0.15) is 60.8 Å². The van der Waals surface area contributed by atoms with E-state index >= 15 is 0 Å². The van der Waals surface area contributed by atoms with Gasteiger partial charge in [0.25, 0.3) is 0 Å². The standard InChI is InChI=1S/C15H29NO/c1-8-15(9-11(2)3,10-12(4)5)16-14(17)13(6)7/h11-12H,6,8-10H2,1-5,7H3,(H,16,17). The molecule has 0 spiro atoms. The molecule has 0 aromatic carbocycles. The molecule has 2 heteroatoms. The van der Waals surface area contributed by atoms with Crippen LogP contribution in [-0.4, -0.2) is 11.4 Å². The van der Waals surface area contributed by atoms with Gasteiger partial charge in [-0.15, -0.1) is 0 Å². The van der Waals surface area contributed by atoms with Crippen LogP contribution in [0.15, 0.2) is 12.2 Å². The Kier molecular flexibility index (Phi) is 6.51. The normalized spacial score (nSPS) is 12.0. The van der Waals surface area contributed by atoms with Crippen molar-refractivity contribution in [1.29, 1.82) is 0 Å². The largest absolute Gasteiger partial charge is 0.347 e. The number of carbonyl (C=O) groups excluding carboxylic acids is 1. The minimum absolute atomic E-state index is 0.00634. The van der Waals surface area contributed by atoms with E-state index in [0.29, 0.717) is 17.4 Å². The Morgan fingerprint density at radius 1 is 1.18 bits per heavy atom. The van der Waals surface area contributed by atoms with Crippen molar-refractivity contribution < 1.29 is 4.79 Å². The van der Waals surface area contributed by atoms with E-state index in [1.54, 1.807) is 6.92 Å². The summed E-state index contributed by atoms with van der Waals surface area (Å²) in [7, 11) is 0. The van der Waals surface area contributed by atoms with Gasteiger partial charge in [-0.2, -0.15) is 0 Å². The van der Waals surface area contributed by atoms with Gasteiger partial charge in [0.05, 0.1) is 0 Å². The summed E-state index contributed by atoms with van der Waals surface area (Å²) in [6, 6.07) is 0. The van der Waals surface area contributed by atoms with Crippen molar-refractivity contribution in [1.82, 2.24) is 5.32 Å². The Labute approximate surface area is 107 Å². The lowest BCUT2D eigenvalue weighted by atomic mass is 9.79. The van der Waals surface area contributed by atoms with Gasteiger partial charge in [-0.3, -0.25) is 4.79 Å². The van der Waals surface area contributed by atoms with E-state index in [1.165, 1.54) is 0 Å². The molecule has 0 saturated carbocycles. The van der Waals surface area contributed by atoms with Crippen LogP contribution in [0, 0.1) is 11.8 Å². The molecule has 0 unspecified atom stereocenters. The third kappa shape index (κ3) is 5.90. The first kappa shape index (κ1) is 16.2. The van der Waals surface area contributed by atoms with Crippen molar-refractivity contribution in [3.8, 4) is 0 Å². The van der Waals surface area contributed by atoms with Gasteiger partial charge in [0.15, 0.2) is 0 Å². The van der Waals surface area contributed by atoms with Crippen LogP contribution < -0.4 is 5.32 Å². The molecule has 0 heterocycles. The predicted molar refractivity (Wildman–Crippen MR) is 74.9 cm³/mol. The van der Waals surface area contributed by atoms with Gasteiger partial charge in [0, 0.05) is 11.1 Å². The van der Waals surface area contributed by atoms with Gasteiger partial charge < -0.3 is 5.32 Å². The molecule has 0 atom stereocenters. The van der Waals surface area contributed by atoms with Crippen LogP contribution in [0.4, 0.5) is 0 Å². The van der Waals surface area contributed by atoms with E-state index in [9.17, 15) is 4.79 Å². The quantitative estimate of drug-likeness (QED) is 0.670. The summed E-state index contributed by atoms with van der Waals surface area (Å²) in [5, 5.41) is 3.20. The summed E-state index contributed by atoms with van der Waals surface area (Å²) in [6.07, 6.45) is 3.03. The second kappa shape index (κ2) is 6.83. The molecule has 1 N–H and O–H groups in total.